The summed E-state index contributed by atoms with van der Waals surface area (Å²) < 4.78 is 0. The fourth-order valence-corrected chi connectivity index (χ4v) is 3.81. The Morgan fingerprint density at radius 3 is 2.00 bits per heavy atom. The summed E-state index contributed by atoms with van der Waals surface area (Å²) in [6.07, 6.45) is 3.03. The second-order valence-electron chi connectivity index (χ2n) is 6.23. The van der Waals surface area contributed by atoms with Crippen molar-refractivity contribution in [2.24, 2.45) is 17.6 Å². The first-order chi connectivity index (χ1) is 8.28. The van der Waals surface area contributed by atoms with Crippen molar-refractivity contribution >= 4 is 11.3 Å². The minimum atomic E-state index is -0.245. The zero-order valence-corrected chi connectivity index (χ0v) is 13.5. The predicted octanol–water partition coefficient (Wildman–Crippen LogP) is 4.26. The number of hydrogen-bond donors (Lipinski definition) is 1. The maximum Gasteiger partial charge on any atom is 0.113 e. The number of aryl methyl sites for hydroxylation is 2. The van der Waals surface area contributed by atoms with Crippen LogP contribution in [0.1, 0.15) is 63.0 Å². The van der Waals surface area contributed by atoms with E-state index in [1.165, 1.54) is 10.6 Å². The third-order valence-electron chi connectivity index (χ3n) is 3.20. The highest BCUT2D eigenvalue weighted by molar-refractivity contribution is 7.11. The Balaban J connectivity index is 3.07. The fraction of sp³-hybridized carbons (Fsp3) is 0.800. The molecule has 3 heteroatoms. The molecule has 0 spiro atoms. The van der Waals surface area contributed by atoms with Gasteiger partial charge < -0.3 is 5.73 Å². The first-order valence-electron chi connectivity index (χ1n) is 7.04. The summed E-state index contributed by atoms with van der Waals surface area (Å²) in [5.74, 6) is 1.20. The summed E-state index contributed by atoms with van der Waals surface area (Å²) in [5, 5.41) is 1.14. The maximum absolute atomic E-state index is 6.71. The molecular formula is C15H28N2S. The Morgan fingerprint density at radius 2 is 1.67 bits per heavy atom. The van der Waals surface area contributed by atoms with Crippen LogP contribution in [-0.4, -0.2) is 4.98 Å². The van der Waals surface area contributed by atoms with Gasteiger partial charge in [-0.25, -0.2) is 4.98 Å². The molecule has 0 saturated heterocycles. The van der Waals surface area contributed by atoms with Crippen molar-refractivity contribution in [2.75, 3.05) is 0 Å². The number of nitrogens with zero attached hydrogens (tertiary/aromatic N) is 1. The van der Waals surface area contributed by atoms with E-state index in [2.05, 4.69) is 41.5 Å². The molecule has 0 amide bonds. The molecule has 0 fully saturated rings. The molecule has 0 aliphatic rings. The van der Waals surface area contributed by atoms with Gasteiger partial charge in [0, 0.05) is 4.88 Å². The van der Waals surface area contributed by atoms with Gasteiger partial charge in [-0.15, -0.1) is 11.3 Å². The second-order valence-corrected chi connectivity index (χ2v) is 7.43. The normalized spacial score (nSPS) is 12.7. The molecule has 0 bridgehead atoms. The lowest BCUT2D eigenvalue weighted by Gasteiger charge is -2.31. The summed E-state index contributed by atoms with van der Waals surface area (Å²) in [6, 6.07) is 0. The van der Waals surface area contributed by atoms with Gasteiger partial charge in [0.05, 0.1) is 11.2 Å². The largest absolute Gasteiger partial charge is 0.319 e. The van der Waals surface area contributed by atoms with E-state index < -0.39 is 0 Å². The van der Waals surface area contributed by atoms with E-state index in [4.69, 9.17) is 10.7 Å². The van der Waals surface area contributed by atoms with E-state index in [0.29, 0.717) is 11.8 Å². The molecule has 18 heavy (non-hydrogen) atoms. The van der Waals surface area contributed by atoms with Crippen LogP contribution in [0.2, 0.25) is 0 Å². The smallest absolute Gasteiger partial charge is 0.113 e. The van der Waals surface area contributed by atoms with Crippen molar-refractivity contribution in [1.82, 2.24) is 4.98 Å². The van der Waals surface area contributed by atoms with Crippen molar-refractivity contribution in [2.45, 2.75) is 66.3 Å². The van der Waals surface area contributed by atoms with Crippen LogP contribution in [0.25, 0.3) is 0 Å². The van der Waals surface area contributed by atoms with Crippen LogP contribution >= 0.6 is 11.3 Å². The number of nitrogens with two attached hydrogens (primary N) is 1. The summed E-state index contributed by atoms with van der Waals surface area (Å²) >= 11 is 1.79. The molecule has 1 heterocycles. The quantitative estimate of drug-likeness (QED) is 0.837. The van der Waals surface area contributed by atoms with Crippen molar-refractivity contribution in [1.29, 1.82) is 0 Å². The maximum atomic E-state index is 6.71. The number of aromatic nitrogens is 1. The van der Waals surface area contributed by atoms with E-state index in [-0.39, 0.29) is 5.54 Å². The van der Waals surface area contributed by atoms with Gasteiger partial charge in [0.2, 0.25) is 0 Å². The van der Waals surface area contributed by atoms with Gasteiger partial charge in [-0.2, -0.15) is 0 Å². The lowest BCUT2D eigenvalue weighted by Crippen LogP contribution is -2.39. The Morgan fingerprint density at radius 1 is 1.17 bits per heavy atom. The molecule has 0 aliphatic carbocycles. The third kappa shape index (κ3) is 3.79. The molecule has 1 rings (SSSR count). The van der Waals surface area contributed by atoms with Crippen molar-refractivity contribution < 1.29 is 0 Å². The Bertz CT molecular complexity index is 370. The van der Waals surface area contributed by atoms with Crippen LogP contribution < -0.4 is 5.73 Å². The molecular weight excluding hydrogens is 240 g/mol. The minimum absolute atomic E-state index is 0.245. The molecule has 1 aromatic heterocycles. The zero-order chi connectivity index (χ0) is 13.9. The van der Waals surface area contributed by atoms with Gasteiger partial charge in [-0.1, -0.05) is 34.6 Å². The average molecular weight is 268 g/mol. The van der Waals surface area contributed by atoms with Gasteiger partial charge in [0.25, 0.3) is 0 Å². The van der Waals surface area contributed by atoms with Gasteiger partial charge in [0.1, 0.15) is 5.01 Å². The first-order valence-corrected chi connectivity index (χ1v) is 7.85. The molecule has 104 valence electrons. The molecule has 0 atom stereocenters. The Labute approximate surface area is 116 Å². The monoisotopic (exact) mass is 268 g/mol. The third-order valence-corrected chi connectivity index (χ3v) is 4.43. The first kappa shape index (κ1) is 15.6. The SMILES string of the molecule is CCc1nc(C(N)(CC(C)C)CC(C)C)sc1C. The fourth-order valence-electron chi connectivity index (χ4n) is 2.68. The van der Waals surface area contributed by atoms with E-state index in [9.17, 15) is 0 Å². The molecule has 0 radical (unpaired) electrons. The second kappa shape index (κ2) is 6.16. The summed E-state index contributed by atoms with van der Waals surface area (Å²) in [4.78, 5) is 6.13. The lowest BCUT2D eigenvalue weighted by atomic mass is 9.83. The highest BCUT2D eigenvalue weighted by Crippen LogP contribution is 2.36. The van der Waals surface area contributed by atoms with Crippen LogP contribution in [0.5, 0.6) is 0 Å². The van der Waals surface area contributed by atoms with Gasteiger partial charge in [-0.05, 0) is 38.0 Å². The summed E-state index contributed by atoms with van der Waals surface area (Å²) in [5.41, 5.74) is 7.68. The lowest BCUT2D eigenvalue weighted by molar-refractivity contribution is 0.288. The average Bonchev–Trinajstić information content (AvgIpc) is 2.57. The van der Waals surface area contributed by atoms with Crippen LogP contribution in [0.3, 0.4) is 0 Å². The van der Waals surface area contributed by atoms with Crippen LogP contribution in [0.15, 0.2) is 0 Å². The molecule has 0 unspecified atom stereocenters. The van der Waals surface area contributed by atoms with Crippen molar-refractivity contribution in [3.05, 3.63) is 15.6 Å². The Hall–Kier alpha value is -0.410. The molecule has 0 saturated carbocycles. The topological polar surface area (TPSA) is 38.9 Å². The van der Waals surface area contributed by atoms with Gasteiger partial charge >= 0.3 is 0 Å². The van der Waals surface area contributed by atoms with Crippen LogP contribution in [0.4, 0.5) is 0 Å². The molecule has 2 N–H and O–H groups in total. The highest BCUT2D eigenvalue weighted by atomic mass is 32.1. The summed E-state index contributed by atoms with van der Waals surface area (Å²) in [7, 11) is 0. The van der Waals surface area contributed by atoms with E-state index >= 15 is 0 Å². The molecule has 0 aliphatic heterocycles. The van der Waals surface area contributed by atoms with Crippen LogP contribution in [-0.2, 0) is 12.0 Å². The zero-order valence-electron chi connectivity index (χ0n) is 12.7. The molecule has 0 aromatic carbocycles. The van der Waals surface area contributed by atoms with Gasteiger partial charge in [-0.3, -0.25) is 0 Å². The number of hydrogen-bond acceptors (Lipinski definition) is 3. The number of rotatable bonds is 6. The predicted molar refractivity (Wildman–Crippen MR) is 81.0 cm³/mol. The number of thiazole rings is 1. The Kier molecular flexibility index (Phi) is 5.35. The van der Waals surface area contributed by atoms with E-state index in [1.807, 2.05) is 0 Å². The molecule has 2 nitrogen and oxygen atoms in total. The molecule has 1 aromatic rings. The van der Waals surface area contributed by atoms with Crippen molar-refractivity contribution in [3.8, 4) is 0 Å². The van der Waals surface area contributed by atoms with E-state index in [1.54, 1.807) is 11.3 Å². The summed E-state index contributed by atoms with van der Waals surface area (Å²) in [6.45, 7) is 13.3. The van der Waals surface area contributed by atoms with Crippen molar-refractivity contribution in [3.63, 3.8) is 0 Å². The van der Waals surface area contributed by atoms with Crippen LogP contribution in [0, 0.1) is 18.8 Å². The minimum Gasteiger partial charge on any atom is -0.319 e. The highest BCUT2D eigenvalue weighted by Gasteiger charge is 2.32. The standard InChI is InChI=1S/C15H28N2S/c1-7-13-12(6)18-14(17-13)15(16,8-10(2)3)9-11(4)5/h10-11H,7-9,16H2,1-6H3. The van der Waals surface area contributed by atoms with E-state index in [0.717, 1.165) is 24.3 Å². The van der Waals surface area contributed by atoms with Gasteiger partial charge in [0.15, 0.2) is 0 Å².